The van der Waals surface area contributed by atoms with Crippen LogP contribution in [0.3, 0.4) is 0 Å². The lowest BCUT2D eigenvalue weighted by atomic mass is 10.2. The average molecular weight is 277 g/mol. The summed E-state index contributed by atoms with van der Waals surface area (Å²) in [5.41, 5.74) is 0.397. The van der Waals surface area contributed by atoms with Gasteiger partial charge in [-0.15, -0.1) is 0 Å². The molecular weight excluding hydrogens is 258 g/mol. The monoisotopic (exact) mass is 277 g/mol. The Morgan fingerprint density at radius 3 is 2.75 bits per heavy atom. The summed E-state index contributed by atoms with van der Waals surface area (Å²) < 4.78 is 0. The van der Waals surface area contributed by atoms with Crippen LogP contribution in [-0.2, 0) is 0 Å². The molecule has 6 nitrogen and oxygen atoms in total. The molecule has 1 aliphatic rings. The zero-order valence-electron chi connectivity index (χ0n) is 11.7. The quantitative estimate of drug-likeness (QED) is 0.887. The Morgan fingerprint density at radius 2 is 2.20 bits per heavy atom. The Morgan fingerprint density at radius 1 is 1.45 bits per heavy atom. The molecule has 108 valence electrons. The van der Waals surface area contributed by atoms with Crippen LogP contribution in [0.5, 0.6) is 0 Å². The Hall–Kier alpha value is -1.95. The fourth-order valence-corrected chi connectivity index (χ4v) is 2.51. The van der Waals surface area contributed by atoms with Gasteiger partial charge in [0.05, 0.1) is 5.56 Å². The highest BCUT2D eigenvalue weighted by atomic mass is 16.4. The van der Waals surface area contributed by atoms with E-state index in [-0.39, 0.29) is 17.5 Å². The smallest absolute Gasteiger partial charge is 0.337 e. The molecule has 0 bridgehead atoms. The van der Waals surface area contributed by atoms with Gasteiger partial charge in [0.25, 0.3) is 5.91 Å². The van der Waals surface area contributed by atoms with Crippen LogP contribution in [0.4, 0.5) is 0 Å². The van der Waals surface area contributed by atoms with Crippen LogP contribution in [0.15, 0.2) is 18.3 Å². The van der Waals surface area contributed by atoms with Gasteiger partial charge in [-0.05, 0) is 39.1 Å². The summed E-state index contributed by atoms with van der Waals surface area (Å²) >= 11 is 0. The van der Waals surface area contributed by atoms with Gasteiger partial charge in [-0.1, -0.05) is 0 Å². The minimum atomic E-state index is -1.04. The van der Waals surface area contributed by atoms with E-state index in [2.05, 4.69) is 9.88 Å². The molecule has 1 aromatic rings. The van der Waals surface area contributed by atoms with E-state index in [1.807, 2.05) is 19.0 Å². The van der Waals surface area contributed by atoms with Crippen molar-refractivity contribution in [1.29, 1.82) is 0 Å². The molecule has 0 spiro atoms. The number of rotatable bonds is 4. The van der Waals surface area contributed by atoms with E-state index in [9.17, 15) is 9.59 Å². The molecule has 20 heavy (non-hydrogen) atoms. The third kappa shape index (κ3) is 3.14. The zero-order chi connectivity index (χ0) is 14.7. The highest BCUT2D eigenvalue weighted by molar-refractivity contribution is 5.94. The highest BCUT2D eigenvalue weighted by Crippen LogP contribution is 2.20. The summed E-state index contributed by atoms with van der Waals surface area (Å²) in [7, 11) is 3.97. The highest BCUT2D eigenvalue weighted by Gasteiger charge is 2.30. The summed E-state index contributed by atoms with van der Waals surface area (Å²) in [5.74, 6) is -1.16. The second kappa shape index (κ2) is 6.00. The number of hydrogen-bond acceptors (Lipinski definition) is 4. The van der Waals surface area contributed by atoms with Gasteiger partial charge in [-0.2, -0.15) is 0 Å². The van der Waals surface area contributed by atoms with Crippen molar-refractivity contribution in [3.63, 3.8) is 0 Å². The molecule has 1 fully saturated rings. The summed E-state index contributed by atoms with van der Waals surface area (Å²) in [6.07, 6.45) is 3.22. The first-order valence-corrected chi connectivity index (χ1v) is 6.64. The number of aromatic carboxylic acids is 1. The SMILES string of the molecule is CN(C)CC1CCCN1C(=O)c1ccc(C(=O)O)cn1. The van der Waals surface area contributed by atoms with E-state index in [0.29, 0.717) is 5.69 Å². The molecule has 2 rings (SSSR count). The number of hydrogen-bond donors (Lipinski definition) is 1. The number of carboxylic acid groups (broad SMARTS) is 1. The number of nitrogens with zero attached hydrogens (tertiary/aromatic N) is 3. The maximum absolute atomic E-state index is 12.4. The lowest BCUT2D eigenvalue weighted by Crippen LogP contribution is -2.41. The number of carbonyl (C=O) groups is 2. The molecule has 1 saturated heterocycles. The van der Waals surface area contributed by atoms with Crippen LogP contribution < -0.4 is 0 Å². The fourth-order valence-electron chi connectivity index (χ4n) is 2.51. The molecule has 2 heterocycles. The first-order chi connectivity index (χ1) is 9.49. The van der Waals surface area contributed by atoms with Gasteiger partial charge in [0, 0.05) is 25.3 Å². The van der Waals surface area contributed by atoms with E-state index in [4.69, 9.17) is 5.11 Å². The van der Waals surface area contributed by atoms with Crippen molar-refractivity contribution in [2.75, 3.05) is 27.2 Å². The Labute approximate surface area is 118 Å². The lowest BCUT2D eigenvalue weighted by molar-refractivity contribution is 0.0686. The normalized spacial score (nSPS) is 18.6. The van der Waals surface area contributed by atoms with Crippen LogP contribution in [0.2, 0.25) is 0 Å². The van der Waals surface area contributed by atoms with E-state index in [1.54, 1.807) is 0 Å². The molecular formula is C14H19N3O3. The largest absolute Gasteiger partial charge is 0.478 e. The molecule has 0 radical (unpaired) electrons. The van der Waals surface area contributed by atoms with Crippen molar-refractivity contribution in [2.24, 2.45) is 0 Å². The van der Waals surface area contributed by atoms with Crippen molar-refractivity contribution < 1.29 is 14.7 Å². The minimum absolute atomic E-state index is 0.0906. The van der Waals surface area contributed by atoms with Crippen LogP contribution in [-0.4, -0.2) is 65.0 Å². The van der Waals surface area contributed by atoms with Crippen molar-refractivity contribution in [3.05, 3.63) is 29.6 Å². The number of aromatic nitrogens is 1. The number of carboxylic acids is 1. The predicted molar refractivity (Wildman–Crippen MR) is 73.8 cm³/mol. The second-order valence-corrected chi connectivity index (χ2v) is 5.29. The first kappa shape index (κ1) is 14.5. The zero-order valence-corrected chi connectivity index (χ0v) is 11.7. The van der Waals surface area contributed by atoms with Gasteiger partial charge < -0.3 is 14.9 Å². The topological polar surface area (TPSA) is 73.7 Å². The maximum atomic E-state index is 12.4. The number of amides is 1. The Bertz CT molecular complexity index is 499. The third-order valence-corrected chi connectivity index (χ3v) is 3.44. The molecule has 1 N–H and O–H groups in total. The Balaban J connectivity index is 2.11. The molecule has 1 aromatic heterocycles. The molecule has 1 amide bonds. The Kier molecular flexibility index (Phi) is 4.34. The fraction of sp³-hybridized carbons (Fsp3) is 0.500. The number of likely N-dealkylation sites (tertiary alicyclic amines) is 1. The summed E-state index contributed by atoms with van der Waals surface area (Å²) in [4.78, 5) is 31.1. The van der Waals surface area contributed by atoms with Crippen LogP contribution in [0.1, 0.15) is 33.7 Å². The molecule has 0 aromatic carbocycles. The minimum Gasteiger partial charge on any atom is -0.478 e. The van der Waals surface area contributed by atoms with E-state index < -0.39 is 5.97 Å². The van der Waals surface area contributed by atoms with Crippen LogP contribution >= 0.6 is 0 Å². The van der Waals surface area contributed by atoms with Gasteiger partial charge in [0.2, 0.25) is 0 Å². The van der Waals surface area contributed by atoms with Crippen LogP contribution in [0.25, 0.3) is 0 Å². The summed E-state index contributed by atoms with van der Waals surface area (Å²) in [6.45, 7) is 1.57. The van der Waals surface area contributed by atoms with Crippen molar-refractivity contribution in [3.8, 4) is 0 Å². The number of carbonyl (C=O) groups excluding carboxylic acids is 1. The van der Waals surface area contributed by atoms with Gasteiger partial charge in [0.15, 0.2) is 0 Å². The van der Waals surface area contributed by atoms with Gasteiger partial charge in [0.1, 0.15) is 5.69 Å². The summed E-state index contributed by atoms with van der Waals surface area (Å²) in [5, 5.41) is 8.83. The maximum Gasteiger partial charge on any atom is 0.337 e. The molecule has 6 heteroatoms. The number of pyridine rings is 1. The van der Waals surface area contributed by atoms with E-state index in [1.165, 1.54) is 18.3 Å². The molecule has 1 unspecified atom stereocenters. The molecule has 1 aliphatic heterocycles. The van der Waals surface area contributed by atoms with E-state index in [0.717, 1.165) is 25.9 Å². The lowest BCUT2D eigenvalue weighted by Gasteiger charge is -2.26. The van der Waals surface area contributed by atoms with Gasteiger partial charge >= 0.3 is 5.97 Å². The van der Waals surface area contributed by atoms with Crippen LogP contribution in [0, 0.1) is 0 Å². The standard InChI is InChI=1S/C14H19N3O3/c1-16(2)9-11-4-3-7-17(11)13(18)12-6-5-10(8-15-12)14(19)20/h5-6,8,11H,3-4,7,9H2,1-2H3,(H,19,20). The first-order valence-electron chi connectivity index (χ1n) is 6.64. The molecule has 0 saturated carbocycles. The average Bonchev–Trinajstić information content (AvgIpc) is 2.85. The molecule has 0 aliphatic carbocycles. The molecule has 1 atom stereocenters. The van der Waals surface area contributed by atoms with Crippen molar-refractivity contribution in [1.82, 2.24) is 14.8 Å². The van der Waals surface area contributed by atoms with Gasteiger partial charge in [-0.25, -0.2) is 4.79 Å². The van der Waals surface area contributed by atoms with E-state index >= 15 is 0 Å². The summed E-state index contributed by atoms with van der Waals surface area (Å²) in [6, 6.07) is 3.11. The number of likely N-dealkylation sites (N-methyl/N-ethyl adjacent to an activating group) is 1. The predicted octanol–water partition coefficient (Wildman–Crippen LogP) is 0.946. The van der Waals surface area contributed by atoms with Crippen molar-refractivity contribution in [2.45, 2.75) is 18.9 Å². The third-order valence-electron chi connectivity index (χ3n) is 3.44. The van der Waals surface area contributed by atoms with Crippen molar-refractivity contribution >= 4 is 11.9 Å². The second-order valence-electron chi connectivity index (χ2n) is 5.29. The van der Waals surface area contributed by atoms with Gasteiger partial charge in [-0.3, -0.25) is 9.78 Å².